The Balaban J connectivity index is 0.00000420. The molecule has 10 heteroatoms. The van der Waals surface area contributed by atoms with Crippen molar-refractivity contribution in [2.24, 2.45) is 4.99 Å². The van der Waals surface area contributed by atoms with Crippen molar-refractivity contribution in [1.82, 2.24) is 15.5 Å². The van der Waals surface area contributed by atoms with Crippen molar-refractivity contribution < 1.29 is 18.0 Å². The number of rotatable bonds is 6. The number of alkyl halides is 3. The van der Waals surface area contributed by atoms with Crippen molar-refractivity contribution >= 4 is 41.5 Å². The van der Waals surface area contributed by atoms with Gasteiger partial charge in [0.2, 0.25) is 5.91 Å². The number of likely N-dealkylation sites (N-methyl/N-ethyl adjacent to an activating group) is 1. The molecule has 29 heavy (non-hydrogen) atoms. The van der Waals surface area contributed by atoms with E-state index in [1.54, 1.807) is 7.05 Å². The first-order chi connectivity index (χ1) is 13.2. The number of carbonyl (C=O) groups is 1. The lowest BCUT2D eigenvalue weighted by atomic mass is 10.1. The van der Waals surface area contributed by atoms with Gasteiger partial charge in [0.1, 0.15) is 6.54 Å². The van der Waals surface area contributed by atoms with Gasteiger partial charge < -0.3 is 20.4 Å². The first kappa shape index (κ1) is 25.3. The van der Waals surface area contributed by atoms with Crippen molar-refractivity contribution in [3.05, 3.63) is 29.8 Å². The summed E-state index contributed by atoms with van der Waals surface area (Å²) >= 11 is 0. The number of anilines is 1. The van der Waals surface area contributed by atoms with E-state index in [1.165, 1.54) is 18.5 Å². The Kier molecular flexibility index (Phi) is 10.0. The normalized spacial score (nSPS) is 15.5. The Morgan fingerprint density at radius 2 is 1.97 bits per heavy atom. The van der Waals surface area contributed by atoms with Gasteiger partial charge in [-0.05, 0) is 37.5 Å². The first-order valence-corrected chi connectivity index (χ1v) is 9.32. The molecule has 6 nitrogen and oxygen atoms in total. The monoisotopic (exact) mass is 527 g/mol. The zero-order valence-corrected chi connectivity index (χ0v) is 19.3. The molecule has 1 unspecified atom stereocenters. The lowest BCUT2D eigenvalue weighted by Crippen LogP contribution is -2.46. The van der Waals surface area contributed by atoms with Crippen LogP contribution in [-0.2, 0) is 4.79 Å². The van der Waals surface area contributed by atoms with Gasteiger partial charge in [0, 0.05) is 32.9 Å². The third kappa shape index (κ3) is 8.27. The third-order valence-electron chi connectivity index (χ3n) is 4.67. The minimum Gasteiger partial charge on any atom is -0.372 e. The molecule has 0 saturated carbocycles. The van der Waals surface area contributed by atoms with Gasteiger partial charge in [-0.3, -0.25) is 9.79 Å². The van der Waals surface area contributed by atoms with Crippen LogP contribution in [0.15, 0.2) is 29.3 Å². The molecule has 1 aliphatic rings. The second-order valence-electron chi connectivity index (χ2n) is 6.95. The molecule has 0 bridgehead atoms. The van der Waals surface area contributed by atoms with Crippen LogP contribution >= 0.6 is 24.0 Å². The number of nitrogens with one attached hydrogen (secondary N) is 2. The fourth-order valence-corrected chi connectivity index (χ4v) is 3.10. The van der Waals surface area contributed by atoms with E-state index in [1.807, 2.05) is 19.1 Å². The van der Waals surface area contributed by atoms with Gasteiger partial charge in [-0.2, -0.15) is 13.2 Å². The van der Waals surface area contributed by atoms with Crippen LogP contribution in [0, 0.1) is 0 Å². The summed E-state index contributed by atoms with van der Waals surface area (Å²) in [5.41, 5.74) is 2.24. The third-order valence-corrected chi connectivity index (χ3v) is 4.67. The van der Waals surface area contributed by atoms with Crippen LogP contribution in [0.2, 0.25) is 0 Å². The van der Waals surface area contributed by atoms with Crippen molar-refractivity contribution in [2.75, 3.05) is 45.2 Å². The second kappa shape index (κ2) is 11.5. The quantitative estimate of drug-likeness (QED) is 0.339. The Bertz CT molecular complexity index is 693. The van der Waals surface area contributed by atoms with Gasteiger partial charge >= 0.3 is 6.18 Å². The molecule has 2 N–H and O–H groups in total. The van der Waals surface area contributed by atoms with Crippen LogP contribution in [0.3, 0.4) is 0 Å². The molecule has 1 aromatic carbocycles. The highest BCUT2D eigenvalue weighted by molar-refractivity contribution is 14.0. The molecule has 0 aliphatic carbocycles. The maximum absolute atomic E-state index is 12.4. The van der Waals surface area contributed by atoms with E-state index in [9.17, 15) is 18.0 Å². The maximum atomic E-state index is 12.4. The molecule has 1 heterocycles. The van der Waals surface area contributed by atoms with Crippen LogP contribution in [-0.4, -0.2) is 63.2 Å². The Morgan fingerprint density at radius 3 is 2.55 bits per heavy atom. The number of carbonyl (C=O) groups excluding carboxylic acids is 1. The topological polar surface area (TPSA) is 60.0 Å². The number of halogens is 4. The molecular weight excluding hydrogens is 498 g/mol. The van der Waals surface area contributed by atoms with Crippen LogP contribution < -0.4 is 15.5 Å². The second-order valence-corrected chi connectivity index (χ2v) is 6.95. The average Bonchev–Trinajstić information content (AvgIpc) is 3.18. The number of aliphatic imine (C=N–C) groups is 1. The minimum absolute atomic E-state index is 0. The number of guanidine groups is 1. The van der Waals surface area contributed by atoms with E-state index in [0.717, 1.165) is 25.7 Å². The van der Waals surface area contributed by atoms with Crippen molar-refractivity contribution in [3.63, 3.8) is 0 Å². The lowest BCUT2D eigenvalue weighted by molar-refractivity contribution is -0.157. The molecule has 0 aromatic heterocycles. The van der Waals surface area contributed by atoms with Gasteiger partial charge in [-0.25, -0.2) is 0 Å². The number of amides is 1. The smallest absolute Gasteiger partial charge is 0.372 e. The zero-order valence-electron chi connectivity index (χ0n) is 16.9. The van der Waals surface area contributed by atoms with Gasteiger partial charge in [-0.15, -0.1) is 24.0 Å². The zero-order chi connectivity index (χ0) is 20.7. The molecule has 1 aliphatic heterocycles. The largest absolute Gasteiger partial charge is 0.406 e. The summed E-state index contributed by atoms with van der Waals surface area (Å²) in [4.78, 5) is 18.9. The molecule has 2 rings (SSSR count). The van der Waals surface area contributed by atoms with E-state index >= 15 is 0 Å². The van der Waals surface area contributed by atoms with E-state index in [-0.39, 0.29) is 36.6 Å². The lowest BCUT2D eigenvalue weighted by Gasteiger charge is -2.23. The van der Waals surface area contributed by atoms with E-state index in [4.69, 9.17) is 0 Å². The fraction of sp³-hybridized carbons (Fsp3) is 0.579. The van der Waals surface area contributed by atoms with Crippen molar-refractivity contribution in [2.45, 2.75) is 32.0 Å². The minimum atomic E-state index is -4.42. The fourth-order valence-electron chi connectivity index (χ4n) is 3.10. The van der Waals surface area contributed by atoms with Gasteiger partial charge in [0.05, 0.1) is 12.6 Å². The molecule has 164 valence electrons. The molecule has 0 radical (unpaired) electrons. The van der Waals surface area contributed by atoms with Gasteiger partial charge in [0.15, 0.2) is 5.96 Å². The Labute approximate surface area is 186 Å². The van der Waals surface area contributed by atoms with Crippen LogP contribution in [0.5, 0.6) is 0 Å². The number of hydrogen-bond acceptors (Lipinski definition) is 3. The maximum Gasteiger partial charge on any atom is 0.406 e. The predicted molar refractivity (Wildman–Crippen MR) is 120 cm³/mol. The summed E-state index contributed by atoms with van der Waals surface area (Å²) in [6.45, 7) is 2.53. The highest BCUT2D eigenvalue weighted by Gasteiger charge is 2.31. The SMILES string of the molecule is CN=C(NCC(=O)N(C)CC(F)(F)F)NC(C)c1cccc(N2CCCC2)c1.I. The summed E-state index contributed by atoms with van der Waals surface area (Å²) in [5, 5.41) is 5.95. The van der Waals surface area contributed by atoms with Crippen LogP contribution in [0.25, 0.3) is 0 Å². The van der Waals surface area contributed by atoms with E-state index in [2.05, 4.69) is 32.7 Å². The summed E-state index contributed by atoms with van der Waals surface area (Å²) in [5.74, 6) is -0.309. The highest BCUT2D eigenvalue weighted by atomic mass is 127. The molecule has 0 spiro atoms. The first-order valence-electron chi connectivity index (χ1n) is 9.32. The van der Waals surface area contributed by atoms with Gasteiger partial charge in [0.25, 0.3) is 0 Å². The molecule has 1 aromatic rings. The molecule has 1 amide bonds. The predicted octanol–water partition coefficient (Wildman–Crippen LogP) is 3.15. The van der Waals surface area contributed by atoms with E-state index in [0.29, 0.717) is 10.9 Å². The summed E-state index contributed by atoms with van der Waals surface area (Å²) < 4.78 is 37.1. The Hall–Kier alpha value is -1.72. The average molecular weight is 527 g/mol. The van der Waals surface area contributed by atoms with Crippen LogP contribution in [0.1, 0.15) is 31.4 Å². The molecule has 1 saturated heterocycles. The number of hydrogen-bond donors (Lipinski definition) is 2. The molecular formula is C19H29F3IN5O. The molecule has 1 fully saturated rings. The number of nitrogens with zero attached hydrogens (tertiary/aromatic N) is 3. The van der Waals surface area contributed by atoms with Gasteiger partial charge in [-0.1, -0.05) is 12.1 Å². The standard InChI is InChI=1S/C19H28F3N5O.HI/c1-14(15-7-6-8-16(11-15)27-9-4-5-10-27)25-18(23-2)24-12-17(28)26(3)13-19(20,21)22;/h6-8,11,14H,4-5,9-10,12-13H2,1-3H3,(H2,23,24,25);1H. The Morgan fingerprint density at radius 1 is 1.31 bits per heavy atom. The van der Waals surface area contributed by atoms with Crippen LogP contribution in [0.4, 0.5) is 18.9 Å². The van der Waals surface area contributed by atoms with E-state index < -0.39 is 18.6 Å². The summed E-state index contributed by atoms with van der Waals surface area (Å²) in [6.07, 6.45) is -2.02. The van der Waals surface area contributed by atoms with Crippen molar-refractivity contribution in [1.29, 1.82) is 0 Å². The summed E-state index contributed by atoms with van der Waals surface area (Å²) in [6, 6.07) is 8.14. The molecule has 1 atom stereocenters. The number of benzene rings is 1. The summed E-state index contributed by atoms with van der Waals surface area (Å²) in [7, 11) is 2.67. The highest BCUT2D eigenvalue weighted by Crippen LogP contribution is 2.24. The van der Waals surface area contributed by atoms with Crippen molar-refractivity contribution in [3.8, 4) is 0 Å².